The molecule has 4 rings (SSSR count). The van der Waals surface area contributed by atoms with Crippen LogP contribution in [0, 0.1) is 0 Å². The average Bonchev–Trinajstić information content (AvgIpc) is 3.37. The molecule has 1 aromatic carbocycles. The van der Waals surface area contributed by atoms with Crippen LogP contribution in [-0.4, -0.2) is 100 Å². The number of benzene rings is 1. The van der Waals surface area contributed by atoms with Crippen molar-refractivity contribution in [1.29, 1.82) is 0 Å². The van der Waals surface area contributed by atoms with Gasteiger partial charge in [-0.25, -0.2) is 0 Å². The van der Waals surface area contributed by atoms with E-state index in [2.05, 4.69) is 57.3 Å². The second-order valence-electron chi connectivity index (χ2n) is 8.66. The normalized spacial score (nSPS) is 25.8. The Morgan fingerprint density at radius 2 is 1.84 bits per heavy atom. The Bertz CT molecular complexity index is 672. The summed E-state index contributed by atoms with van der Waals surface area (Å²) in [5.41, 5.74) is 1.34. The molecule has 172 valence electrons. The maximum absolute atomic E-state index is 6.01. The van der Waals surface area contributed by atoms with Gasteiger partial charge < -0.3 is 24.6 Å². The number of hydrogen-bond acceptors (Lipinski definition) is 5. The van der Waals surface area contributed by atoms with Crippen LogP contribution in [0.4, 0.5) is 5.69 Å². The molecular weight excluding hydrogens is 390 g/mol. The zero-order chi connectivity index (χ0) is 21.3. The van der Waals surface area contributed by atoms with Crippen molar-refractivity contribution >= 4 is 11.6 Å². The van der Waals surface area contributed by atoms with Crippen LogP contribution in [0.5, 0.6) is 0 Å². The lowest BCUT2D eigenvalue weighted by molar-refractivity contribution is -0.0817. The van der Waals surface area contributed by atoms with Gasteiger partial charge in [-0.15, -0.1) is 0 Å². The van der Waals surface area contributed by atoms with Gasteiger partial charge >= 0.3 is 0 Å². The van der Waals surface area contributed by atoms with Crippen LogP contribution in [-0.2, 0) is 9.47 Å². The highest BCUT2D eigenvalue weighted by atomic mass is 16.5. The SMILES string of the molecule is CCNC(=NCCCN1CCN(c2ccccc2)CC1)N1CCOC(C2CCCO2)C1. The molecular formula is C24H39N5O2. The number of piperazine rings is 1. The molecule has 7 heteroatoms. The van der Waals surface area contributed by atoms with Gasteiger partial charge in [-0.05, 0) is 38.3 Å². The predicted octanol–water partition coefficient (Wildman–Crippen LogP) is 2.04. The summed E-state index contributed by atoms with van der Waals surface area (Å²) >= 11 is 0. The lowest BCUT2D eigenvalue weighted by Gasteiger charge is -2.37. The van der Waals surface area contributed by atoms with Crippen molar-refractivity contribution in [3.05, 3.63) is 30.3 Å². The highest BCUT2D eigenvalue weighted by molar-refractivity contribution is 5.80. The number of nitrogens with zero attached hydrogens (tertiary/aromatic N) is 4. The van der Waals surface area contributed by atoms with Crippen LogP contribution in [0.25, 0.3) is 0 Å². The Hall–Kier alpha value is -1.83. The summed E-state index contributed by atoms with van der Waals surface area (Å²) < 4.78 is 11.9. The number of morpholine rings is 1. The summed E-state index contributed by atoms with van der Waals surface area (Å²) in [6, 6.07) is 10.8. The fourth-order valence-corrected chi connectivity index (χ4v) is 4.76. The van der Waals surface area contributed by atoms with Gasteiger partial charge in [0.25, 0.3) is 0 Å². The van der Waals surface area contributed by atoms with E-state index in [4.69, 9.17) is 14.5 Å². The smallest absolute Gasteiger partial charge is 0.194 e. The number of nitrogens with one attached hydrogen (secondary N) is 1. The number of guanidine groups is 1. The van der Waals surface area contributed by atoms with E-state index in [1.807, 2.05) is 0 Å². The molecule has 2 atom stereocenters. The van der Waals surface area contributed by atoms with Crippen molar-refractivity contribution in [1.82, 2.24) is 15.1 Å². The van der Waals surface area contributed by atoms with E-state index in [1.165, 1.54) is 5.69 Å². The Labute approximate surface area is 187 Å². The monoisotopic (exact) mass is 429 g/mol. The molecule has 0 saturated carbocycles. The first-order chi connectivity index (χ1) is 15.3. The van der Waals surface area contributed by atoms with E-state index in [0.29, 0.717) is 0 Å². The third-order valence-corrected chi connectivity index (χ3v) is 6.50. The highest BCUT2D eigenvalue weighted by Crippen LogP contribution is 2.21. The molecule has 0 aromatic heterocycles. The standard InChI is InChI=1S/C24H39N5O2/c1-2-25-24(29-17-19-31-23(20-29)22-10-6-18-30-22)26-11-7-12-27-13-15-28(16-14-27)21-8-4-3-5-9-21/h3-5,8-9,22-23H,2,6-7,10-20H2,1H3,(H,25,26). The quantitative estimate of drug-likeness (QED) is 0.407. The van der Waals surface area contributed by atoms with E-state index in [-0.39, 0.29) is 12.2 Å². The molecule has 7 nitrogen and oxygen atoms in total. The molecule has 3 aliphatic rings. The van der Waals surface area contributed by atoms with Crippen LogP contribution in [0.2, 0.25) is 0 Å². The van der Waals surface area contributed by atoms with Crippen molar-refractivity contribution in [2.24, 2.45) is 4.99 Å². The molecule has 3 saturated heterocycles. The third-order valence-electron chi connectivity index (χ3n) is 6.50. The van der Waals surface area contributed by atoms with E-state index < -0.39 is 0 Å². The molecule has 3 fully saturated rings. The van der Waals surface area contributed by atoms with Crippen LogP contribution in [0.3, 0.4) is 0 Å². The van der Waals surface area contributed by atoms with Crippen molar-refractivity contribution < 1.29 is 9.47 Å². The van der Waals surface area contributed by atoms with Crippen LogP contribution < -0.4 is 10.2 Å². The number of anilines is 1. The Balaban J connectivity index is 1.20. The number of aliphatic imine (C=N–C) groups is 1. The summed E-state index contributed by atoms with van der Waals surface area (Å²) in [5.74, 6) is 1.03. The third kappa shape index (κ3) is 6.34. The molecule has 31 heavy (non-hydrogen) atoms. The van der Waals surface area contributed by atoms with Gasteiger partial charge in [-0.3, -0.25) is 9.89 Å². The van der Waals surface area contributed by atoms with E-state index in [1.54, 1.807) is 0 Å². The molecule has 1 N–H and O–H groups in total. The van der Waals surface area contributed by atoms with Crippen molar-refractivity contribution in [2.75, 3.05) is 77.0 Å². The van der Waals surface area contributed by atoms with Gasteiger partial charge in [0.1, 0.15) is 6.10 Å². The van der Waals surface area contributed by atoms with Gasteiger partial charge in [0.15, 0.2) is 5.96 Å². The molecule has 3 aliphatic heterocycles. The first kappa shape index (κ1) is 22.4. The fourth-order valence-electron chi connectivity index (χ4n) is 4.76. The average molecular weight is 430 g/mol. The maximum atomic E-state index is 6.01. The second kappa shape index (κ2) is 11.7. The van der Waals surface area contributed by atoms with E-state index >= 15 is 0 Å². The van der Waals surface area contributed by atoms with Gasteiger partial charge in [-0.2, -0.15) is 0 Å². The summed E-state index contributed by atoms with van der Waals surface area (Å²) in [5, 5.41) is 3.49. The Morgan fingerprint density at radius 3 is 2.58 bits per heavy atom. The molecule has 3 heterocycles. The van der Waals surface area contributed by atoms with Gasteiger partial charge in [0.2, 0.25) is 0 Å². The molecule has 0 amide bonds. The van der Waals surface area contributed by atoms with Crippen LogP contribution >= 0.6 is 0 Å². The number of hydrogen-bond donors (Lipinski definition) is 1. The number of rotatable bonds is 7. The zero-order valence-corrected chi connectivity index (χ0v) is 19.0. The summed E-state index contributed by atoms with van der Waals surface area (Å²) in [7, 11) is 0. The minimum absolute atomic E-state index is 0.168. The van der Waals surface area contributed by atoms with E-state index in [0.717, 1.165) is 97.3 Å². The second-order valence-corrected chi connectivity index (χ2v) is 8.66. The Morgan fingerprint density at radius 1 is 1.03 bits per heavy atom. The van der Waals surface area contributed by atoms with Gasteiger partial charge in [0.05, 0.1) is 12.7 Å². The summed E-state index contributed by atoms with van der Waals surface area (Å²) in [6.07, 6.45) is 3.78. The van der Waals surface area contributed by atoms with Gasteiger partial charge in [-0.1, -0.05) is 18.2 Å². The molecule has 0 bridgehead atoms. The zero-order valence-electron chi connectivity index (χ0n) is 19.0. The minimum Gasteiger partial charge on any atom is -0.375 e. The maximum Gasteiger partial charge on any atom is 0.194 e. The largest absolute Gasteiger partial charge is 0.375 e. The van der Waals surface area contributed by atoms with Crippen LogP contribution in [0.15, 0.2) is 35.3 Å². The lowest BCUT2D eigenvalue weighted by Crippen LogP contribution is -2.53. The first-order valence-corrected chi connectivity index (χ1v) is 12.1. The van der Waals surface area contributed by atoms with Crippen molar-refractivity contribution in [3.8, 4) is 0 Å². The summed E-state index contributed by atoms with van der Waals surface area (Å²) in [6.45, 7) is 12.9. The molecule has 0 radical (unpaired) electrons. The van der Waals surface area contributed by atoms with E-state index in [9.17, 15) is 0 Å². The Kier molecular flexibility index (Phi) is 8.44. The molecule has 0 aliphatic carbocycles. The topological polar surface area (TPSA) is 52.6 Å². The first-order valence-electron chi connectivity index (χ1n) is 12.1. The summed E-state index contributed by atoms with van der Waals surface area (Å²) in [4.78, 5) is 12.4. The molecule has 1 aromatic rings. The molecule has 2 unspecified atom stereocenters. The number of para-hydroxylation sites is 1. The predicted molar refractivity (Wildman–Crippen MR) is 126 cm³/mol. The van der Waals surface area contributed by atoms with Gasteiger partial charge in [0, 0.05) is 71.2 Å². The highest BCUT2D eigenvalue weighted by Gasteiger charge is 2.32. The van der Waals surface area contributed by atoms with Crippen molar-refractivity contribution in [3.63, 3.8) is 0 Å². The number of ether oxygens (including phenoxy) is 2. The van der Waals surface area contributed by atoms with Crippen molar-refractivity contribution in [2.45, 2.75) is 38.4 Å². The minimum atomic E-state index is 0.168. The lowest BCUT2D eigenvalue weighted by atomic mass is 10.1. The molecule has 0 spiro atoms. The fraction of sp³-hybridized carbons (Fsp3) is 0.708. The van der Waals surface area contributed by atoms with Crippen LogP contribution in [0.1, 0.15) is 26.2 Å².